The lowest BCUT2D eigenvalue weighted by atomic mass is 10.2. The van der Waals surface area contributed by atoms with E-state index in [0.717, 1.165) is 19.4 Å². The van der Waals surface area contributed by atoms with Gasteiger partial charge >= 0.3 is 0 Å². The topological polar surface area (TPSA) is 41.1 Å². The summed E-state index contributed by atoms with van der Waals surface area (Å²) in [6.45, 7) is 0.829. The molecule has 3 nitrogen and oxygen atoms in total. The van der Waals surface area contributed by atoms with Crippen molar-refractivity contribution in [1.29, 1.82) is 0 Å². The molecule has 2 fully saturated rings. The van der Waals surface area contributed by atoms with Gasteiger partial charge in [-0.1, -0.05) is 0 Å². The Hall–Kier alpha value is -0.570. The maximum Gasteiger partial charge on any atom is 0.237 e. The summed E-state index contributed by atoms with van der Waals surface area (Å²) in [7, 11) is 0. The molecule has 2 heterocycles. The highest BCUT2D eigenvalue weighted by molar-refractivity contribution is 5.83. The number of rotatable bonds is 0. The van der Waals surface area contributed by atoms with Crippen molar-refractivity contribution in [2.75, 3.05) is 6.54 Å². The molecular weight excluding hydrogens is 116 g/mol. The van der Waals surface area contributed by atoms with Crippen LogP contribution in [0.1, 0.15) is 12.8 Å². The van der Waals surface area contributed by atoms with E-state index in [9.17, 15) is 4.79 Å². The quantitative estimate of drug-likeness (QED) is 0.448. The van der Waals surface area contributed by atoms with Crippen LogP contribution in [0.2, 0.25) is 0 Å². The highest BCUT2D eigenvalue weighted by atomic mass is 16.2. The van der Waals surface area contributed by atoms with Gasteiger partial charge in [0.2, 0.25) is 5.91 Å². The minimum absolute atomic E-state index is 0.128. The van der Waals surface area contributed by atoms with E-state index >= 15 is 0 Å². The average molecular weight is 126 g/mol. The Kier molecular flexibility index (Phi) is 0.990. The molecule has 2 atom stereocenters. The monoisotopic (exact) mass is 126 g/mol. The summed E-state index contributed by atoms with van der Waals surface area (Å²) in [5, 5.41) is 6.07. The molecule has 0 aromatic heterocycles. The third-order valence-electron chi connectivity index (χ3n) is 2.08. The smallest absolute Gasteiger partial charge is 0.237 e. The van der Waals surface area contributed by atoms with Crippen molar-refractivity contribution in [3.05, 3.63) is 0 Å². The van der Waals surface area contributed by atoms with Gasteiger partial charge in [0.15, 0.2) is 0 Å². The molecule has 0 radical (unpaired) electrons. The lowest BCUT2D eigenvalue weighted by molar-refractivity contribution is -0.123. The van der Waals surface area contributed by atoms with Gasteiger partial charge < -0.3 is 10.6 Å². The molecule has 0 aromatic rings. The van der Waals surface area contributed by atoms with Crippen molar-refractivity contribution in [1.82, 2.24) is 10.6 Å². The van der Waals surface area contributed by atoms with Crippen LogP contribution in [0.25, 0.3) is 0 Å². The first-order valence-corrected chi connectivity index (χ1v) is 3.40. The zero-order chi connectivity index (χ0) is 6.27. The predicted octanol–water partition coefficient (Wildman–Crippen LogP) is -0.763. The van der Waals surface area contributed by atoms with Crippen LogP contribution in [0.3, 0.4) is 0 Å². The summed E-state index contributed by atoms with van der Waals surface area (Å²) in [6.07, 6.45) is 2.18. The Morgan fingerprint density at radius 2 is 2.33 bits per heavy atom. The summed E-state index contributed by atoms with van der Waals surface area (Å²) in [5.41, 5.74) is 0. The Labute approximate surface area is 53.8 Å². The number of hydrogen-bond donors (Lipinski definition) is 2. The van der Waals surface area contributed by atoms with Crippen molar-refractivity contribution in [3.8, 4) is 0 Å². The van der Waals surface area contributed by atoms with Gasteiger partial charge in [-0.05, 0) is 12.8 Å². The van der Waals surface area contributed by atoms with E-state index in [4.69, 9.17) is 0 Å². The van der Waals surface area contributed by atoms with E-state index < -0.39 is 0 Å². The average Bonchev–Trinajstić information content (AvgIpc) is 2.25. The fourth-order valence-electron chi connectivity index (χ4n) is 1.53. The van der Waals surface area contributed by atoms with Crippen molar-refractivity contribution in [2.24, 2.45) is 0 Å². The maximum atomic E-state index is 10.9. The Bertz CT molecular complexity index is 146. The molecule has 3 heteroatoms. The molecule has 2 rings (SSSR count). The Balaban J connectivity index is 2.14. The van der Waals surface area contributed by atoms with Crippen molar-refractivity contribution in [3.63, 3.8) is 0 Å². The van der Waals surface area contributed by atoms with Crippen molar-refractivity contribution >= 4 is 5.91 Å². The van der Waals surface area contributed by atoms with Crippen LogP contribution in [-0.2, 0) is 4.79 Å². The highest BCUT2D eigenvalue weighted by Crippen LogP contribution is 2.14. The summed E-state index contributed by atoms with van der Waals surface area (Å²) in [4.78, 5) is 10.9. The minimum atomic E-state index is 0.128. The van der Waals surface area contributed by atoms with E-state index in [1.54, 1.807) is 0 Å². The molecular formula is C6H10N2O. The van der Waals surface area contributed by atoms with Crippen LogP contribution in [0, 0.1) is 0 Å². The number of amides is 1. The van der Waals surface area contributed by atoms with Gasteiger partial charge in [0, 0.05) is 12.6 Å². The van der Waals surface area contributed by atoms with E-state index in [0.29, 0.717) is 6.04 Å². The molecule has 2 saturated heterocycles. The number of fused-ring (bicyclic) bond motifs is 2. The predicted molar refractivity (Wildman–Crippen MR) is 33.0 cm³/mol. The zero-order valence-corrected chi connectivity index (χ0v) is 5.18. The lowest BCUT2D eigenvalue weighted by Crippen LogP contribution is -2.52. The first-order chi connectivity index (χ1) is 4.36. The Morgan fingerprint density at radius 1 is 1.44 bits per heavy atom. The second-order valence-electron chi connectivity index (χ2n) is 2.74. The van der Waals surface area contributed by atoms with Gasteiger partial charge in [-0.3, -0.25) is 4.79 Å². The molecule has 0 saturated carbocycles. The van der Waals surface area contributed by atoms with Crippen LogP contribution in [-0.4, -0.2) is 24.5 Å². The molecule has 0 spiro atoms. The lowest BCUT2D eigenvalue weighted by Gasteiger charge is -2.20. The fraction of sp³-hybridized carbons (Fsp3) is 0.833. The summed E-state index contributed by atoms with van der Waals surface area (Å²) in [6, 6.07) is 0.691. The summed E-state index contributed by atoms with van der Waals surface area (Å²) < 4.78 is 0. The molecule has 0 aliphatic carbocycles. The molecule has 0 aromatic carbocycles. The second-order valence-corrected chi connectivity index (χ2v) is 2.74. The molecule has 2 aliphatic rings. The number of carbonyl (C=O) groups is 1. The standard InChI is InChI=1S/C6H10N2O/c9-6-5-2-1-4(8-5)3-7-6/h4-5,8H,1-3H2,(H,7,9). The van der Waals surface area contributed by atoms with E-state index in [1.165, 1.54) is 0 Å². The van der Waals surface area contributed by atoms with Gasteiger partial charge in [-0.2, -0.15) is 0 Å². The van der Waals surface area contributed by atoms with Gasteiger partial charge in [0.05, 0.1) is 6.04 Å². The molecule has 2 unspecified atom stereocenters. The molecule has 2 aliphatic heterocycles. The molecule has 1 amide bonds. The van der Waals surface area contributed by atoms with E-state index in [2.05, 4.69) is 10.6 Å². The van der Waals surface area contributed by atoms with Crippen LogP contribution < -0.4 is 10.6 Å². The number of carbonyl (C=O) groups excluding carboxylic acids is 1. The molecule has 2 bridgehead atoms. The summed E-state index contributed by atoms with van der Waals surface area (Å²) in [5.74, 6) is 0.184. The van der Waals surface area contributed by atoms with E-state index in [-0.39, 0.29) is 11.9 Å². The molecule has 50 valence electrons. The summed E-state index contributed by atoms with van der Waals surface area (Å²) >= 11 is 0. The van der Waals surface area contributed by atoms with Gasteiger partial charge in [-0.25, -0.2) is 0 Å². The highest BCUT2D eigenvalue weighted by Gasteiger charge is 2.33. The van der Waals surface area contributed by atoms with Crippen LogP contribution in [0.15, 0.2) is 0 Å². The van der Waals surface area contributed by atoms with Crippen LogP contribution >= 0.6 is 0 Å². The number of piperazine rings is 1. The largest absolute Gasteiger partial charge is 0.353 e. The number of hydrogen-bond acceptors (Lipinski definition) is 2. The van der Waals surface area contributed by atoms with Crippen LogP contribution in [0.4, 0.5) is 0 Å². The Morgan fingerprint density at radius 3 is 3.11 bits per heavy atom. The first kappa shape index (κ1) is 5.23. The first-order valence-electron chi connectivity index (χ1n) is 3.40. The van der Waals surface area contributed by atoms with Crippen molar-refractivity contribution in [2.45, 2.75) is 24.9 Å². The van der Waals surface area contributed by atoms with Gasteiger partial charge in [0.1, 0.15) is 0 Å². The number of nitrogens with one attached hydrogen (secondary N) is 2. The third-order valence-corrected chi connectivity index (χ3v) is 2.08. The zero-order valence-electron chi connectivity index (χ0n) is 5.18. The normalized spacial score (nSPS) is 40.7. The molecule has 9 heavy (non-hydrogen) atoms. The third kappa shape index (κ3) is 0.721. The molecule has 2 N–H and O–H groups in total. The SMILES string of the molecule is O=C1NCC2CCC1N2. The van der Waals surface area contributed by atoms with Crippen molar-refractivity contribution < 1.29 is 4.79 Å². The van der Waals surface area contributed by atoms with Gasteiger partial charge in [0.25, 0.3) is 0 Å². The van der Waals surface area contributed by atoms with Crippen LogP contribution in [0.5, 0.6) is 0 Å². The van der Waals surface area contributed by atoms with Gasteiger partial charge in [-0.15, -0.1) is 0 Å². The minimum Gasteiger partial charge on any atom is -0.353 e. The fourth-order valence-corrected chi connectivity index (χ4v) is 1.53. The second kappa shape index (κ2) is 1.70. The maximum absolute atomic E-state index is 10.9. The van der Waals surface area contributed by atoms with E-state index in [1.807, 2.05) is 0 Å².